The molecule has 182 valence electrons. The number of aromatic nitrogens is 3. The highest BCUT2D eigenvalue weighted by Crippen LogP contribution is 2.45. The first-order chi connectivity index (χ1) is 16.7. The molecule has 2 heterocycles. The van der Waals surface area contributed by atoms with E-state index in [0.29, 0.717) is 34.8 Å². The molecule has 7 nitrogen and oxygen atoms in total. The molecule has 0 amide bonds. The third-order valence-corrected chi connectivity index (χ3v) is 6.45. The molecule has 0 unspecified atom stereocenters. The Balaban J connectivity index is 1.59. The van der Waals surface area contributed by atoms with Gasteiger partial charge in [0.1, 0.15) is 6.04 Å². The van der Waals surface area contributed by atoms with Gasteiger partial charge < -0.3 is 14.8 Å². The summed E-state index contributed by atoms with van der Waals surface area (Å²) in [4.78, 5) is 17.2. The number of ether oxygens (including phenoxy) is 2. The van der Waals surface area contributed by atoms with Gasteiger partial charge >= 0.3 is 6.18 Å². The molecule has 35 heavy (non-hydrogen) atoms. The van der Waals surface area contributed by atoms with Crippen molar-refractivity contribution in [2.45, 2.75) is 37.9 Å². The Kier molecular flexibility index (Phi) is 5.53. The second-order valence-electron chi connectivity index (χ2n) is 8.67. The molecule has 0 bridgehead atoms. The van der Waals surface area contributed by atoms with Crippen molar-refractivity contribution in [1.29, 1.82) is 0 Å². The van der Waals surface area contributed by atoms with Gasteiger partial charge in [0.2, 0.25) is 5.95 Å². The summed E-state index contributed by atoms with van der Waals surface area (Å²) in [6, 6.07) is 12.0. The molecule has 1 aromatic heterocycles. The van der Waals surface area contributed by atoms with Crippen LogP contribution < -0.4 is 14.8 Å². The number of Topliss-reactive ketones (excluding diaryl/α,β-unsaturated/α-hetero) is 1. The monoisotopic (exact) mass is 484 g/mol. The number of alkyl halides is 3. The Hall–Kier alpha value is -3.82. The van der Waals surface area contributed by atoms with E-state index in [-0.39, 0.29) is 24.1 Å². The van der Waals surface area contributed by atoms with Crippen LogP contribution in [-0.4, -0.2) is 34.8 Å². The molecule has 3 aromatic rings. The zero-order chi connectivity index (χ0) is 24.9. The maximum absolute atomic E-state index is 13.5. The number of allylic oxidation sites excluding steroid dienone is 2. The molecule has 0 saturated carbocycles. The molecule has 2 aliphatic rings. The molecule has 5 rings (SSSR count). The number of halogens is 3. The van der Waals surface area contributed by atoms with Gasteiger partial charge in [0.05, 0.1) is 14.2 Å². The van der Waals surface area contributed by atoms with Crippen LogP contribution >= 0.6 is 0 Å². The maximum atomic E-state index is 13.5. The number of fused-ring (bicyclic) bond motifs is 1. The number of aryl methyl sites for hydroxylation is 1. The fourth-order valence-electron chi connectivity index (χ4n) is 4.73. The quantitative estimate of drug-likeness (QED) is 0.559. The smallest absolute Gasteiger partial charge is 0.453 e. The maximum Gasteiger partial charge on any atom is 0.453 e. The Labute approximate surface area is 199 Å². The molecule has 0 fully saturated rings. The number of benzene rings is 2. The van der Waals surface area contributed by atoms with E-state index in [1.54, 1.807) is 13.2 Å². The lowest BCUT2D eigenvalue weighted by atomic mass is 9.78. The van der Waals surface area contributed by atoms with Crippen LogP contribution in [0.25, 0.3) is 0 Å². The van der Waals surface area contributed by atoms with E-state index in [1.165, 1.54) is 11.8 Å². The molecule has 1 aliphatic carbocycles. The highest BCUT2D eigenvalue weighted by atomic mass is 19.4. The van der Waals surface area contributed by atoms with Crippen molar-refractivity contribution in [2.75, 3.05) is 19.5 Å². The van der Waals surface area contributed by atoms with Crippen molar-refractivity contribution in [3.8, 4) is 11.5 Å². The summed E-state index contributed by atoms with van der Waals surface area (Å²) in [5, 5.41) is 6.72. The minimum absolute atomic E-state index is 0.0394. The fraction of sp³-hybridized carbons (Fsp3) is 0.320. The molecular formula is C25H23F3N4O3. The van der Waals surface area contributed by atoms with E-state index in [0.717, 1.165) is 11.1 Å². The van der Waals surface area contributed by atoms with E-state index >= 15 is 0 Å². The van der Waals surface area contributed by atoms with E-state index in [1.807, 2.05) is 43.3 Å². The lowest BCUT2D eigenvalue weighted by Crippen LogP contribution is -2.33. The minimum Gasteiger partial charge on any atom is -0.493 e. The van der Waals surface area contributed by atoms with Crippen LogP contribution in [0.2, 0.25) is 0 Å². The van der Waals surface area contributed by atoms with E-state index in [2.05, 4.69) is 15.4 Å². The van der Waals surface area contributed by atoms with Crippen LogP contribution in [0.5, 0.6) is 11.5 Å². The van der Waals surface area contributed by atoms with Gasteiger partial charge in [-0.1, -0.05) is 35.9 Å². The Morgan fingerprint density at radius 3 is 2.34 bits per heavy atom. The van der Waals surface area contributed by atoms with Crippen LogP contribution in [0, 0.1) is 6.92 Å². The van der Waals surface area contributed by atoms with Crippen molar-refractivity contribution < 1.29 is 27.4 Å². The first-order valence-corrected chi connectivity index (χ1v) is 11.0. The van der Waals surface area contributed by atoms with Crippen LogP contribution in [0.3, 0.4) is 0 Å². The Morgan fingerprint density at radius 2 is 1.69 bits per heavy atom. The molecule has 1 aliphatic heterocycles. The number of rotatable bonds is 4. The minimum atomic E-state index is -4.71. The molecule has 0 radical (unpaired) electrons. The van der Waals surface area contributed by atoms with Gasteiger partial charge in [-0.3, -0.25) is 4.79 Å². The number of hydrogen-bond acceptors (Lipinski definition) is 6. The predicted octanol–water partition coefficient (Wildman–Crippen LogP) is 5.04. The van der Waals surface area contributed by atoms with Crippen molar-refractivity contribution in [1.82, 2.24) is 14.8 Å². The van der Waals surface area contributed by atoms with E-state index in [4.69, 9.17) is 9.47 Å². The SMILES string of the molecule is COc1ccc([C@@H]2CC(=O)C3=C(C2)Nc2nc(C(F)(F)F)nn2[C@H]3c2ccc(C)cc2)cc1OC. The molecule has 1 N–H and O–H groups in total. The summed E-state index contributed by atoms with van der Waals surface area (Å²) in [5.74, 6) is -0.520. The van der Waals surface area contributed by atoms with Crippen molar-refractivity contribution in [2.24, 2.45) is 0 Å². The third-order valence-electron chi connectivity index (χ3n) is 6.45. The van der Waals surface area contributed by atoms with Gasteiger partial charge in [-0.05, 0) is 42.5 Å². The number of anilines is 1. The van der Waals surface area contributed by atoms with Crippen molar-refractivity contribution in [3.05, 3.63) is 76.2 Å². The fourth-order valence-corrected chi connectivity index (χ4v) is 4.73. The second kappa shape index (κ2) is 8.44. The number of methoxy groups -OCH3 is 2. The molecule has 2 atom stereocenters. The number of nitrogens with one attached hydrogen (secondary N) is 1. The summed E-state index contributed by atoms with van der Waals surface area (Å²) < 4.78 is 52.2. The Morgan fingerprint density at radius 1 is 1.00 bits per heavy atom. The average Bonchev–Trinajstić information content (AvgIpc) is 3.27. The largest absolute Gasteiger partial charge is 0.493 e. The highest BCUT2D eigenvalue weighted by molar-refractivity contribution is 6.00. The van der Waals surface area contributed by atoms with Gasteiger partial charge in [0.25, 0.3) is 5.82 Å². The first-order valence-electron chi connectivity index (χ1n) is 11.0. The summed E-state index contributed by atoms with van der Waals surface area (Å²) in [5.41, 5.74) is 3.51. The second-order valence-corrected chi connectivity index (χ2v) is 8.67. The third kappa shape index (κ3) is 4.02. The summed E-state index contributed by atoms with van der Waals surface area (Å²) >= 11 is 0. The van der Waals surface area contributed by atoms with Crippen molar-refractivity contribution >= 4 is 11.7 Å². The Bertz CT molecular complexity index is 1330. The predicted molar refractivity (Wildman–Crippen MR) is 122 cm³/mol. The van der Waals surface area contributed by atoms with E-state index in [9.17, 15) is 18.0 Å². The molecule has 10 heteroatoms. The van der Waals surface area contributed by atoms with Crippen molar-refractivity contribution in [3.63, 3.8) is 0 Å². The number of carbonyl (C=O) groups is 1. The van der Waals surface area contributed by atoms with Crippen LogP contribution in [0.15, 0.2) is 53.7 Å². The number of carbonyl (C=O) groups excluding carboxylic acids is 1. The van der Waals surface area contributed by atoms with Gasteiger partial charge in [-0.25, -0.2) is 4.68 Å². The topological polar surface area (TPSA) is 78.3 Å². The lowest BCUT2D eigenvalue weighted by Gasteiger charge is -2.35. The molecule has 2 aromatic carbocycles. The first kappa shape index (κ1) is 22.9. The number of hydrogen-bond donors (Lipinski definition) is 1. The summed E-state index contributed by atoms with van der Waals surface area (Å²) in [7, 11) is 3.08. The standard InChI is InChI=1S/C25H23F3N4O3/c1-13-4-6-14(7-5-13)22-21-17(29-24-30-23(25(26,27)28)31-32(22)24)10-16(11-18(21)33)15-8-9-19(34-2)20(12-15)35-3/h4-9,12,16,22H,10-11H2,1-3H3,(H,29,30,31)/t16-,22-/m0/s1. The van der Waals surface area contributed by atoms with Gasteiger partial charge in [0, 0.05) is 17.7 Å². The molecular weight excluding hydrogens is 461 g/mol. The number of ketones is 1. The van der Waals surface area contributed by atoms with Crippen LogP contribution in [-0.2, 0) is 11.0 Å². The zero-order valence-corrected chi connectivity index (χ0v) is 19.3. The normalized spacial score (nSPS) is 19.7. The lowest BCUT2D eigenvalue weighted by molar-refractivity contribution is -0.145. The molecule has 0 saturated heterocycles. The van der Waals surface area contributed by atoms with Crippen LogP contribution in [0.4, 0.5) is 19.1 Å². The average molecular weight is 484 g/mol. The van der Waals surface area contributed by atoms with E-state index < -0.39 is 18.0 Å². The van der Waals surface area contributed by atoms with Gasteiger partial charge in [0.15, 0.2) is 17.3 Å². The van der Waals surface area contributed by atoms with Crippen LogP contribution in [0.1, 0.15) is 47.3 Å². The van der Waals surface area contributed by atoms with Gasteiger partial charge in [-0.15, -0.1) is 5.10 Å². The van der Waals surface area contributed by atoms with Gasteiger partial charge in [-0.2, -0.15) is 18.2 Å². The number of nitrogens with zero attached hydrogens (tertiary/aromatic N) is 3. The zero-order valence-electron chi connectivity index (χ0n) is 19.3. The summed E-state index contributed by atoms with van der Waals surface area (Å²) in [6.07, 6.45) is -4.09. The summed E-state index contributed by atoms with van der Waals surface area (Å²) in [6.45, 7) is 1.92. The highest BCUT2D eigenvalue weighted by Gasteiger charge is 2.43. The molecule has 0 spiro atoms.